The van der Waals surface area contributed by atoms with Gasteiger partial charge in [0.05, 0.1) is 15.7 Å². The van der Waals surface area contributed by atoms with Crippen LogP contribution in [0.25, 0.3) is 5.65 Å². The summed E-state index contributed by atoms with van der Waals surface area (Å²) in [7, 11) is -3.98. The summed E-state index contributed by atoms with van der Waals surface area (Å²) in [6.45, 7) is 0. The highest BCUT2D eigenvalue weighted by atomic mass is 35.5. The number of pyridine rings is 1. The summed E-state index contributed by atoms with van der Waals surface area (Å²) in [6, 6.07) is 8.02. The van der Waals surface area contributed by atoms with Crippen molar-refractivity contribution >= 4 is 44.6 Å². The number of rotatable bonds is 4. The van der Waals surface area contributed by atoms with E-state index in [1.807, 2.05) is 10.6 Å². The Bertz CT molecular complexity index is 1090. The Morgan fingerprint density at radius 3 is 2.32 bits per heavy atom. The average Bonchev–Trinajstić information content (AvgIpc) is 2.89. The van der Waals surface area contributed by atoms with E-state index >= 15 is 0 Å². The number of hydrogen-bond acceptors (Lipinski definition) is 4. The molecule has 4 rings (SSSR count). The van der Waals surface area contributed by atoms with Crippen molar-refractivity contribution in [2.75, 3.05) is 4.72 Å². The normalized spacial score (nSPS) is 16.2. The molecule has 0 radical (unpaired) electrons. The Morgan fingerprint density at radius 2 is 1.64 bits per heavy atom. The summed E-state index contributed by atoms with van der Waals surface area (Å²) in [6.07, 6.45) is 8.87. The summed E-state index contributed by atoms with van der Waals surface area (Å²) < 4.78 is 30.3. The maximum Gasteiger partial charge on any atom is 0.264 e. The molecule has 3 aromatic rings. The molecular formula is C19H20Cl2N4O2S. The molecule has 9 heteroatoms. The topological polar surface area (TPSA) is 76.4 Å². The molecule has 1 N–H and O–H groups in total. The highest BCUT2D eigenvalue weighted by molar-refractivity contribution is 7.93. The number of benzene rings is 1. The van der Waals surface area contributed by atoms with Crippen molar-refractivity contribution in [3.8, 4) is 0 Å². The maximum atomic E-state index is 12.9. The number of fused-ring (bicyclic) bond motifs is 1. The van der Waals surface area contributed by atoms with Gasteiger partial charge in [-0.2, -0.15) is 0 Å². The second kappa shape index (κ2) is 7.89. The molecule has 0 aliphatic heterocycles. The van der Waals surface area contributed by atoms with Crippen molar-refractivity contribution in [2.45, 2.75) is 49.3 Å². The zero-order valence-electron chi connectivity index (χ0n) is 15.1. The third-order valence-corrected chi connectivity index (χ3v) is 7.43. The van der Waals surface area contributed by atoms with E-state index in [9.17, 15) is 8.42 Å². The molecule has 28 heavy (non-hydrogen) atoms. The van der Waals surface area contributed by atoms with Gasteiger partial charge in [-0.25, -0.2) is 8.42 Å². The van der Waals surface area contributed by atoms with Gasteiger partial charge in [-0.3, -0.25) is 9.12 Å². The Labute approximate surface area is 173 Å². The van der Waals surface area contributed by atoms with E-state index in [0.29, 0.717) is 17.3 Å². The lowest BCUT2D eigenvalue weighted by atomic mass is 10.00. The first-order valence-corrected chi connectivity index (χ1v) is 11.5. The fraction of sp³-hybridized carbons (Fsp3) is 0.368. The van der Waals surface area contributed by atoms with Crippen LogP contribution in [0.15, 0.2) is 41.4 Å². The molecule has 0 spiro atoms. The van der Waals surface area contributed by atoms with Gasteiger partial charge in [0.1, 0.15) is 10.7 Å². The van der Waals surface area contributed by atoms with Gasteiger partial charge < -0.3 is 0 Å². The second-order valence-electron chi connectivity index (χ2n) is 7.02. The van der Waals surface area contributed by atoms with E-state index < -0.39 is 10.0 Å². The summed E-state index contributed by atoms with van der Waals surface area (Å²) >= 11 is 12.2. The summed E-state index contributed by atoms with van der Waals surface area (Å²) in [5, 5.41) is 8.78. The van der Waals surface area contributed by atoms with Crippen molar-refractivity contribution in [3.63, 3.8) is 0 Å². The molecular weight excluding hydrogens is 419 g/mol. The van der Waals surface area contributed by atoms with E-state index in [1.54, 1.807) is 18.2 Å². The first-order valence-electron chi connectivity index (χ1n) is 9.28. The highest BCUT2D eigenvalue weighted by Crippen LogP contribution is 2.33. The highest BCUT2D eigenvalue weighted by Gasteiger charge is 2.25. The monoisotopic (exact) mass is 438 g/mol. The zero-order chi connectivity index (χ0) is 19.7. The van der Waals surface area contributed by atoms with Gasteiger partial charge in [0.15, 0.2) is 5.65 Å². The first kappa shape index (κ1) is 19.5. The minimum atomic E-state index is -3.98. The van der Waals surface area contributed by atoms with E-state index in [4.69, 9.17) is 23.2 Å². The quantitative estimate of drug-likeness (QED) is 0.562. The lowest BCUT2D eigenvalue weighted by Gasteiger charge is -2.13. The number of sulfonamides is 1. The Balaban J connectivity index is 1.72. The Kier molecular flexibility index (Phi) is 5.49. The second-order valence-corrected chi connectivity index (χ2v) is 9.45. The van der Waals surface area contributed by atoms with Gasteiger partial charge >= 0.3 is 0 Å². The number of hydrogen-bond donors (Lipinski definition) is 1. The SMILES string of the molecule is O=S(=O)(Nc1cccn2c(C3CCCCCC3)nnc12)c1c(Cl)cccc1Cl. The smallest absolute Gasteiger partial charge is 0.264 e. The summed E-state index contributed by atoms with van der Waals surface area (Å²) in [5.74, 6) is 1.22. The lowest BCUT2D eigenvalue weighted by Crippen LogP contribution is -2.15. The molecule has 1 saturated carbocycles. The molecule has 0 atom stereocenters. The van der Waals surface area contributed by atoms with Crippen LogP contribution in [-0.4, -0.2) is 23.0 Å². The molecule has 148 valence electrons. The van der Waals surface area contributed by atoms with Crippen LogP contribution >= 0.6 is 23.2 Å². The van der Waals surface area contributed by atoms with Crippen LogP contribution in [0.4, 0.5) is 5.69 Å². The van der Waals surface area contributed by atoms with Crippen LogP contribution in [0.5, 0.6) is 0 Å². The van der Waals surface area contributed by atoms with Crippen LogP contribution in [0.2, 0.25) is 10.0 Å². The van der Waals surface area contributed by atoms with Gasteiger partial charge in [-0.05, 0) is 37.1 Å². The minimum Gasteiger partial charge on any atom is -0.284 e. The number of nitrogens with one attached hydrogen (secondary N) is 1. The molecule has 1 fully saturated rings. The standard InChI is InChI=1S/C19H20Cl2N4O2S/c20-14-9-5-10-15(21)17(14)28(26,27)24-16-11-6-12-25-18(22-23-19(16)25)13-7-3-1-2-4-8-13/h5-6,9-13,24H,1-4,7-8H2. The largest absolute Gasteiger partial charge is 0.284 e. The molecule has 2 aromatic heterocycles. The molecule has 0 saturated heterocycles. The molecule has 1 aliphatic carbocycles. The average molecular weight is 439 g/mol. The summed E-state index contributed by atoms with van der Waals surface area (Å²) in [4.78, 5) is -0.149. The maximum absolute atomic E-state index is 12.9. The van der Waals surface area contributed by atoms with Gasteiger partial charge in [0.2, 0.25) is 0 Å². The van der Waals surface area contributed by atoms with Crippen LogP contribution < -0.4 is 4.72 Å². The van der Waals surface area contributed by atoms with Gasteiger partial charge in [-0.1, -0.05) is 55.0 Å². The van der Waals surface area contributed by atoms with Crippen molar-refractivity contribution in [2.24, 2.45) is 0 Å². The molecule has 0 unspecified atom stereocenters. The molecule has 1 aliphatic rings. The van der Waals surface area contributed by atoms with Gasteiger partial charge in [-0.15, -0.1) is 10.2 Å². The predicted octanol–water partition coefficient (Wildman–Crippen LogP) is 5.27. The predicted molar refractivity (Wildman–Crippen MR) is 111 cm³/mol. The van der Waals surface area contributed by atoms with Gasteiger partial charge in [0.25, 0.3) is 10.0 Å². The number of nitrogens with zero attached hydrogens (tertiary/aromatic N) is 3. The zero-order valence-corrected chi connectivity index (χ0v) is 17.4. The van der Waals surface area contributed by atoms with Gasteiger partial charge in [0, 0.05) is 12.1 Å². The molecule has 0 amide bonds. The van der Waals surface area contributed by atoms with Crippen LogP contribution in [0.3, 0.4) is 0 Å². The van der Waals surface area contributed by atoms with Crippen molar-refractivity contribution in [3.05, 3.63) is 52.4 Å². The third kappa shape index (κ3) is 3.71. The van der Waals surface area contributed by atoms with Crippen LogP contribution in [0.1, 0.15) is 50.3 Å². The number of aromatic nitrogens is 3. The lowest BCUT2D eigenvalue weighted by molar-refractivity contribution is 0.555. The first-order chi connectivity index (χ1) is 13.5. The molecule has 0 bridgehead atoms. The Hall–Kier alpha value is -1.83. The van der Waals surface area contributed by atoms with E-state index in [0.717, 1.165) is 18.7 Å². The van der Waals surface area contributed by atoms with E-state index in [2.05, 4.69) is 14.9 Å². The van der Waals surface area contributed by atoms with Crippen molar-refractivity contribution in [1.82, 2.24) is 14.6 Å². The van der Waals surface area contributed by atoms with Crippen LogP contribution in [0, 0.1) is 0 Å². The number of anilines is 1. The van der Waals surface area contributed by atoms with Crippen LogP contribution in [-0.2, 0) is 10.0 Å². The molecule has 6 nitrogen and oxygen atoms in total. The van der Waals surface area contributed by atoms with E-state index in [-0.39, 0.29) is 14.9 Å². The Morgan fingerprint density at radius 1 is 0.964 bits per heavy atom. The fourth-order valence-electron chi connectivity index (χ4n) is 3.76. The molecule has 1 aromatic carbocycles. The minimum absolute atomic E-state index is 0.0626. The van der Waals surface area contributed by atoms with Crippen molar-refractivity contribution in [1.29, 1.82) is 0 Å². The van der Waals surface area contributed by atoms with E-state index in [1.165, 1.54) is 37.8 Å². The van der Waals surface area contributed by atoms with Crippen molar-refractivity contribution < 1.29 is 8.42 Å². The third-order valence-electron chi connectivity index (χ3n) is 5.11. The fourth-order valence-corrected chi connectivity index (χ4v) is 5.97. The molecule has 2 heterocycles. The summed E-state index contributed by atoms with van der Waals surface area (Å²) in [5.41, 5.74) is 0.805. The number of halogens is 2.